The molecule has 0 aliphatic carbocycles. The van der Waals surface area contributed by atoms with E-state index in [1.165, 1.54) is 4.68 Å². The molecule has 0 radical (unpaired) electrons. The van der Waals surface area contributed by atoms with E-state index in [2.05, 4.69) is 5.10 Å². The first-order valence-corrected chi connectivity index (χ1v) is 11.4. The molecule has 0 saturated carbocycles. The van der Waals surface area contributed by atoms with E-state index in [-0.39, 0.29) is 16.8 Å². The molecule has 1 N–H and O–H groups in total. The normalized spacial score (nSPS) is 13.8. The first kappa shape index (κ1) is 22.6. The lowest BCUT2D eigenvalue weighted by Gasteiger charge is -2.14. The molecule has 35 heavy (non-hydrogen) atoms. The fraction of sp³-hybridized carbons (Fsp3) is 0.111. The topological polar surface area (TPSA) is 79.1 Å². The maximum atomic E-state index is 13.8. The van der Waals surface area contributed by atoms with Crippen LogP contribution in [0, 0.1) is 20.8 Å². The average Bonchev–Trinajstić information content (AvgIpc) is 3.25. The number of carbonyl (C=O) groups excluding carboxylic acids is 2. The summed E-state index contributed by atoms with van der Waals surface area (Å²) in [5.74, 6) is -1.13. The van der Waals surface area contributed by atoms with E-state index in [1.807, 2.05) is 32.0 Å². The van der Waals surface area contributed by atoms with E-state index in [4.69, 9.17) is 11.6 Å². The molecular weight excluding hydrogens is 464 g/mol. The number of anilines is 1. The number of hydrogen-bond acceptors (Lipinski definition) is 3. The number of benzene rings is 2. The van der Waals surface area contributed by atoms with Crippen LogP contribution in [0.2, 0.25) is 5.02 Å². The molecule has 3 heterocycles. The van der Waals surface area contributed by atoms with E-state index in [0.29, 0.717) is 22.1 Å². The summed E-state index contributed by atoms with van der Waals surface area (Å²) in [7, 11) is 0. The molecule has 1 aliphatic rings. The summed E-state index contributed by atoms with van der Waals surface area (Å²) in [5, 5.41) is 3.48. The lowest BCUT2D eigenvalue weighted by molar-refractivity contribution is -0.576. The van der Waals surface area contributed by atoms with Gasteiger partial charge in [-0.2, -0.15) is 4.57 Å². The van der Waals surface area contributed by atoms with Crippen molar-refractivity contribution < 1.29 is 14.2 Å². The number of carbonyl (C=O) groups is 2. The van der Waals surface area contributed by atoms with Gasteiger partial charge in [-0.05, 0) is 50.6 Å². The highest BCUT2D eigenvalue weighted by atomic mass is 35.5. The van der Waals surface area contributed by atoms with Crippen LogP contribution in [0.3, 0.4) is 0 Å². The zero-order valence-corrected chi connectivity index (χ0v) is 20.1. The molecule has 174 valence electrons. The summed E-state index contributed by atoms with van der Waals surface area (Å²) in [6.45, 7) is 5.61. The van der Waals surface area contributed by atoms with Crippen LogP contribution in [0.4, 0.5) is 5.69 Å². The third kappa shape index (κ3) is 3.70. The number of H-pyrrole nitrogens is 1. The molecule has 2 amide bonds. The van der Waals surface area contributed by atoms with Crippen molar-refractivity contribution in [1.82, 2.24) is 9.78 Å². The predicted molar refractivity (Wildman–Crippen MR) is 134 cm³/mol. The van der Waals surface area contributed by atoms with Gasteiger partial charge in [-0.1, -0.05) is 41.4 Å². The highest BCUT2D eigenvalue weighted by molar-refractivity contribution is 6.53. The van der Waals surface area contributed by atoms with E-state index < -0.39 is 17.4 Å². The lowest BCUT2D eigenvalue weighted by Crippen LogP contribution is -2.39. The van der Waals surface area contributed by atoms with Crippen molar-refractivity contribution in [3.8, 4) is 5.69 Å². The predicted octanol–water partition coefficient (Wildman–Crippen LogP) is 3.97. The van der Waals surface area contributed by atoms with Crippen molar-refractivity contribution in [3.63, 3.8) is 0 Å². The summed E-state index contributed by atoms with van der Waals surface area (Å²) in [6.07, 6.45) is 3.35. The molecule has 1 aliphatic heterocycles. The molecule has 5 rings (SSSR count). The van der Waals surface area contributed by atoms with E-state index in [9.17, 15) is 14.4 Å². The second-order valence-corrected chi connectivity index (χ2v) is 8.91. The van der Waals surface area contributed by atoms with Crippen LogP contribution in [0.5, 0.6) is 0 Å². The van der Waals surface area contributed by atoms with Gasteiger partial charge in [0.25, 0.3) is 17.2 Å². The average molecular weight is 486 g/mol. The summed E-state index contributed by atoms with van der Waals surface area (Å²) in [6, 6.07) is 17.6. The quantitative estimate of drug-likeness (QED) is 0.351. The maximum Gasteiger partial charge on any atom is 0.331 e. The van der Waals surface area contributed by atoms with Crippen molar-refractivity contribution in [2.24, 2.45) is 0 Å². The lowest BCUT2D eigenvalue weighted by atomic mass is 10.1. The highest BCUT2D eigenvalue weighted by Gasteiger charge is 2.48. The minimum absolute atomic E-state index is 0.0356. The Kier molecular flexibility index (Phi) is 5.49. The van der Waals surface area contributed by atoms with Crippen LogP contribution in [0.1, 0.15) is 22.4 Å². The Labute approximate surface area is 206 Å². The molecule has 0 saturated heterocycles. The number of rotatable bonds is 4. The second-order valence-electron chi connectivity index (χ2n) is 8.47. The first-order chi connectivity index (χ1) is 16.8. The summed E-state index contributed by atoms with van der Waals surface area (Å²) >= 11 is 6.15. The van der Waals surface area contributed by atoms with Crippen LogP contribution in [-0.2, 0) is 9.59 Å². The summed E-state index contributed by atoms with van der Waals surface area (Å²) in [4.78, 5) is 42.3. The molecule has 8 heteroatoms. The highest BCUT2D eigenvalue weighted by Crippen LogP contribution is 2.34. The van der Waals surface area contributed by atoms with E-state index in [1.54, 1.807) is 66.3 Å². The first-order valence-electron chi connectivity index (χ1n) is 11.0. The third-order valence-corrected chi connectivity index (χ3v) is 6.25. The number of aromatic amines is 1. The van der Waals surface area contributed by atoms with Gasteiger partial charge in [0.1, 0.15) is 5.57 Å². The standard InChI is InChI=1S/C27H21ClN4O3/c1-16-10-11-21(17(2)14-16)32-26(34)22(18(3)29-32)23-24(30-12-5-4-6-13-30)27(35)31(25(23)33)20-9-7-8-19(28)15-20/h4-15H,1-3H3/p+1. The zero-order valence-electron chi connectivity index (χ0n) is 19.4. The van der Waals surface area contributed by atoms with Gasteiger partial charge >= 0.3 is 5.91 Å². The second kappa shape index (κ2) is 8.52. The number of hydrogen-bond donors (Lipinski definition) is 1. The van der Waals surface area contributed by atoms with Gasteiger partial charge in [0.05, 0.1) is 16.9 Å². The van der Waals surface area contributed by atoms with Crippen LogP contribution < -0.4 is 15.0 Å². The summed E-state index contributed by atoms with van der Waals surface area (Å²) in [5.41, 5.74) is 3.34. The fourth-order valence-corrected chi connectivity index (χ4v) is 4.63. The van der Waals surface area contributed by atoms with Crippen LogP contribution in [-0.4, -0.2) is 21.6 Å². The maximum absolute atomic E-state index is 13.8. The monoisotopic (exact) mass is 485 g/mol. The Balaban J connectivity index is 1.76. The van der Waals surface area contributed by atoms with Gasteiger partial charge in [0, 0.05) is 22.8 Å². The van der Waals surface area contributed by atoms with Crippen molar-refractivity contribution in [3.05, 3.63) is 111 Å². The smallest absolute Gasteiger partial charge is 0.295 e. The van der Waals surface area contributed by atoms with Gasteiger partial charge in [0.2, 0.25) is 0 Å². The Bertz CT molecular complexity index is 1600. The molecule has 0 fully saturated rings. The largest absolute Gasteiger partial charge is 0.331 e. The number of imide groups is 1. The minimum atomic E-state index is -0.587. The molecular formula is C27H22ClN4O3+. The Morgan fingerprint density at radius 2 is 1.60 bits per heavy atom. The molecule has 0 spiro atoms. The number of nitrogens with zero attached hydrogens (tertiary/aromatic N) is 3. The van der Waals surface area contributed by atoms with Crippen molar-refractivity contribution in [2.75, 3.05) is 4.90 Å². The number of aryl methyl sites for hydroxylation is 3. The summed E-state index contributed by atoms with van der Waals surface area (Å²) < 4.78 is 2.98. The van der Waals surface area contributed by atoms with Gasteiger partial charge in [0.15, 0.2) is 12.4 Å². The van der Waals surface area contributed by atoms with Gasteiger partial charge in [-0.3, -0.25) is 19.5 Å². The number of pyridine rings is 1. The van der Waals surface area contributed by atoms with Gasteiger partial charge in [-0.15, -0.1) is 0 Å². The number of halogens is 1. The molecule has 7 nitrogen and oxygen atoms in total. The van der Waals surface area contributed by atoms with E-state index >= 15 is 0 Å². The molecule has 0 atom stereocenters. The number of aromatic nitrogens is 3. The Hall–Kier alpha value is -4.23. The molecule has 2 aromatic carbocycles. The molecule has 0 unspecified atom stereocenters. The number of amides is 2. The van der Waals surface area contributed by atoms with Gasteiger partial charge < -0.3 is 0 Å². The fourth-order valence-electron chi connectivity index (χ4n) is 4.45. The molecule has 4 aromatic rings. The number of nitrogens with one attached hydrogen (secondary N) is 1. The molecule has 2 aromatic heterocycles. The Morgan fingerprint density at radius 3 is 2.29 bits per heavy atom. The Morgan fingerprint density at radius 1 is 0.857 bits per heavy atom. The van der Waals surface area contributed by atoms with Crippen molar-refractivity contribution in [2.45, 2.75) is 20.8 Å². The third-order valence-electron chi connectivity index (χ3n) is 6.01. The van der Waals surface area contributed by atoms with Crippen molar-refractivity contribution in [1.29, 1.82) is 0 Å². The SMILES string of the molecule is Cc1ccc(-n2[nH]c(C)c(C3=C([n+]4ccccc4)C(=O)N(c4cccc(Cl)c4)C3=O)c2=O)c(C)c1. The zero-order chi connectivity index (χ0) is 24.9. The minimum Gasteiger partial charge on any atom is -0.295 e. The van der Waals surface area contributed by atoms with Crippen LogP contribution >= 0.6 is 11.6 Å². The van der Waals surface area contributed by atoms with Crippen LogP contribution in [0.25, 0.3) is 17.0 Å². The molecule has 0 bridgehead atoms. The van der Waals surface area contributed by atoms with Gasteiger partial charge in [-0.25, -0.2) is 9.58 Å². The van der Waals surface area contributed by atoms with Crippen LogP contribution in [0.15, 0.2) is 77.9 Å². The van der Waals surface area contributed by atoms with E-state index in [0.717, 1.165) is 16.0 Å². The van der Waals surface area contributed by atoms with Crippen molar-refractivity contribution >= 4 is 40.4 Å².